The average Bonchev–Trinajstić information content (AvgIpc) is 3.93. The molecule has 1 saturated carbocycles. The molecule has 1 N–H and O–H groups in total. The maximum atomic E-state index is 13.7. The van der Waals surface area contributed by atoms with Crippen molar-refractivity contribution in [1.82, 2.24) is 20.3 Å². The van der Waals surface area contributed by atoms with Crippen LogP contribution in [0.4, 0.5) is 17.1 Å². The first kappa shape index (κ1) is 38.8. The first-order chi connectivity index (χ1) is 27.0. The number of aldehydes is 1. The summed E-state index contributed by atoms with van der Waals surface area (Å²) in [5.74, 6) is 0.298. The summed E-state index contributed by atoms with van der Waals surface area (Å²) in [5.41, 5.74) is 9.68. The SMILES string of the molecule is CNC(=O)C(CCC=O)N(C)C(=O)c1cc(N2CCC(N3CC(N(c4ccc(C5(C#N)CC5)cc4)c4cc(-c5c(C)noc5C)ccc4C)C3)CC2)ccc1C. The summed E-state index contributed by atoms with van der Waals surface area (Å²) in [5, 5.41) is 16.7. The van der Waals surface area contributed by atoms with E-state index in [4.69, 9.17) is 4.52 Å². The number of aromatic nitrogens is 1. The molecule has 1 unspecified atom stereocenters. The van der Waals surface area contributed by atoms with Crippen molar-refractivity contribution in [2.75, 3.05) is 50.1 Å². The number of likely N-dealkylation sites (N-methyl/N-ethyl adjacent to an activating group) is 2. The van der Waals surface area contributed by atoms with Crippen LogP contribution in [0.1, 0.15) is 77.0 Å². The Morgan fingerprint density at radius 2 is 1.71 bits per heavy atom. The molecule has 2 amide bonds. The predicted octanol–water partition coefficient (Wildman–Crippen LogP) is 6.79. The molecule has 3 fully saturated rings. The fourth-order valence-corrected chi connectivity index (χ4v) is 8.70. The van der Waals surface area contributed by atoms with E-state index >= 15 is 0 Å². The number of piperidine rings is 1. The van der Waals surface area contributed by atoms with Crippen LogP contribution in [0.3, 0.4) is 0 Å². The summed E-state index contributed by atoms with van der Waals surface area (Å²) in [6.45, 7) is 11.7. The second kappa shape index (κ2) is 15.9. The summed E-state index contributed by atoms with van der Waals surface area (Å²) < 4.78 is 5.55. The van der Waals surface area contributed by atoms with Gasteiger partial charge in [-0.05, 0) is 112 Å². The van der Waals surface area contributed by atoms with Gasteiger partial charge >= 0.3 is 0 Å². The lowest BCUT2D eigenvalue weighted by Gasteiger charge is -2.51. The normalized spacial score (nSPS) is 17.4. The minimum absolute atomic E-state index is 0.201. The van der Waals surface area contributed by atoms with Gasteiger partial charge in [0.15, 0.2) is 0 Å². The monoisotopic (exact) mass is 755 g/mol. The Kier molecular flexibility index (Phi) is 11.0. The number of likely N-dealkylation sites (tertiary alicyclic amines) is 1. The van der Waals surface area contributed by atoms with Crippen molar-refractivity contribution in [2.45, 2.75) is 89.8 Å². The van der Waals surface area contributed by atoms with Crippen molar-refractivity contribution >= 4 is 35.2 Å². The number of aryl methyl sites for hydroxylation is 4. The van der Waals surface area contributed by atoms with Gasteiger partial charge in [0.1, 0.15) is 18.1 Å². The Morgan fingerprint density at radius 1 is 1.02 bits per heavy atom. The third-order valence-corrected chi connectivity index (χ3v) is 12.4. The van der Waals surface area contributed by atoms with Crippen LogP contribution in [0.25, 0.3) is 11.1 Å². The van der Waals surface area contributed by atoms with E-state index in [1.807, 2.05) is 32.9 Å². The van der Waals surface area contributed by atoms with E-state index in [1.165, 1.54) is 10.5 Å². The van der Waals surface area contributed by atoms with Gasteiger partial charge in [0.05, 0.1) is 23.2 Å². The van der Waals surface area contributed by atoms with Crippen LogP contribution in [-0.4, -0.2) is 91.5 Å². The molecule has 11 nitrogen and oxygen atoms in total. The molecule has 3 aromatic carbocycles. The lowest BCUT2D eigenvalue weighted by molar-refractivity contribution is -0.125. The van der Waals surface area contributed by atoms with Gasteiger partial charge < -0.3 is 29.3 Å². The van der Waals surface area contributed by atoms with Crippen molar-refractivity contribution in [1.29, 1.82) is 5.26 Å². The number of hydrogen-bond acceptors (Lipinski definition) is 9. The Bertz CT molecular complexity index is 2120. The number of carbonyl (C=O) groups is 3. The van der Waals surface area contributed by atoms with E-state index < -0.39 is 6.04 Å². The Hall–Kier alpha value is -5.47. The number of anilines is 3. The fourth-order valence-electron chi connectivity index (χ4n) is 8.70. The second-order valence-electron chi connectivity index (χ2n) is 15.9. The standard InChI is InChI=1S/C45H53N7O4/c1-29-10-14-37(25-39(29)44(55)49(6)40(8-7-23-53)43(54)47-5)50-21-17-35(18-22-50)51-26-38(27-51)52(36-15-12-34(13-16-36)45(28-46)19-20-45)41-24-33(11-9-30(41)2)42-31(3)48-56-32(42)4/h9-16,23-25,35,38,40H,7-8,17-22,26-27H2,1-6H3,(H,47,54). The highest BCUT2D eigenvalue weighted by Crippen LogP contribution is 2.48. The first-order valence-corrected chi connectivity index (χ1v) is 19.9. The molecule has 1 aliphatic carbocycles. The predicted molar refractivity (Wildman–Crippen MR) is 218 cm³/mol. The number of hydrogen-bond donors (Lipinski definition) is 1. The highest BCUT2D eigenvalue weighted by Gasteiger charge is 2.45. The lowest BCUT2D eigenvalue weighted by Crippen LogP contribution is -2.62. The Morgan fingerprint density at radius 3 is 2.32 bits per heavy atom. The molecule has 3 aliphatic rings. The van der Waals surface area contributed by atoms with Gasteiger partial charge in [-0.15, -0.1) is 0 Å². The van der Waals surface area contributed by atoms with Crippen molar-refractivity contribution in [2.24, 2.45) is 0 Å². The van der Waals surface area contributed by atoms with Crippen LogP contribution in [0.2, 0.25) is 0 Å². The zero-order valence-electron chi connectivity index (χ0n) is 33.5. The molecule has 0 bridgehead atoms. The van der Waals surface area contributed by atoms with Crippen molar-refractivity contribution in [3.8, 4) is 17.2 Å². The minimum Gasteiger partial charge on any atom is -0.371 e. The molecule has 7 rings (SSSR count). The summed E-state index contributed by atoms with van der Waals surface area (Å²) in [6, 6.07) is 23.9. The van der Waals surface area contributed by atoms with Crippen LogP contribution in [0.5, 0.6) is 0 Å². The van der Waals surface area contributed by atoms with Gasteiger partial charge in [-0.2, -0.15) is 5.26 Å². The number of nitrogens with zero attached hydrogens (tertiary/aromatic N) is 6. The number of nitrogens with one attached hydrogen (secondary N) is 1. The summed E-state index contributed by atoms with van der Waals surface area (Å²) in [6.07, 6.45) is 5.13. The number of benzene rings is 3. The van der Waals surface area contributed by atoms with Crippen molar-refractivity contribution in [3.05, 3.63) is 94.4 Å². The Balaban J connectivity index is 1.06. The zero-order chi connectivity index (χ0) is 39.7. The third kappa shape index (κ3) is 7.42. The summed E-state index contributed by atoms with van der Waals surface area (Å²) >= 11 is 0. The largest absolute Gasteiger partial charge is 0.371 e. The van der Waals surface area contributed by atoms with E-state index in [2.05, 4.69) is 86.7 Å². The van der Waals surface area contributed by atoms with E-state index in [1.54, 1.807) is 14.1 Å². The quantitative estimate of drug-likeness (QED) is 0.147. The van der Waals surface area contributed by atoms with Gasteiger partial charge in [0.2, 0.25) is 5.91 Å². The van der Waals surface area contributed by atoms with Crippen molar-refractivity contribution < 1.29 is 18.9 Å². The highest BCUT2D eigenvalue weighted by molar-refractivity contribution is 5.99. The van der Waals surface area contributed by atoms with Gasteiger partial charge in [0, 0.05) is 80.9 Å². The van der Waals surface area contributed by atoms with Crippen molar-refractivity contribution in [3.63, 3.8) is 0 Å². The third-order valence-electron chi connectivity index (χ3n) is 12.4. The molecule has 1 atom stereocenters. The van der Waals surface area contributed by atoms with Crippen LogP contribution in [0, 0.1) is 39.0 Å². The summed E-state index contributed by atoms with van der Waals surface area (Å²) in [7, 11) is 3.18. The molecule has 0 radical (unpaired) electrons. The maximum Gasteiger partial charge on any atom is 0.254 e. The van der Waals surface area contributed by atoms with E-state index in [-0.39, 0.29) is 36.1 Å². The van der Waals surface area contributed by atoms with Gasteiger partial charge in [-0.3, -0.25) is 14.5 Å². The average molecular weight is 756 g/mol. The van der Waals surface area contributed by atoms with E-state index in [9.17, 15) is 19.6 Å². The molecule has 2 aliphatic heterocycles. The fraction of sp³-hybridized carbons (Fsp3) is 0.444. The molecule has 292 valence electrons. The number of carbonyl (C=O) groups excluding carboxylic acids is 3. The molecular formula is C45H53N7O4. The number of amides is 2. The molecule has 3 heterocycles. The summed E-state index contributed by atoms with van der Waals surface area (Å²) in [4.78, 5) is 46.3. The topological polar surface area (TPSA) is 126 Å². The molecule has 2 saturated heterocycles. The highest BCUT2D eigenvalue weighted by atomic mass is 16.5. The number of rotatable bonds is 13. The van der Waals surface area contributed by atoms with E-state index in [0.29, 0.717) is 11.6 Å². The molecule has 56 heavy (non-hydrogen) atoms. The molecule has 4 aromatic rings. The minimum atomic E-state index is -0.722. The van der Waals surface area contributed by atoms with Crippen LogP contribution in [0.15, 0.2) is 65.2 Å². The van der Waals surface area contributed by atoms with Crippen LogP contribution >= 0.6 is 0 Å². The van der Waals surface area contributed by atoms with E-state index in [0.717, 1.165) is 109 Å². The lowest BCUT2D eigenvalue weighted by atomic mass is 9.93. The van der Waals surface area contributed by atoms with Crippen LogP contribution in [-0.2, 0) is 15.0 Å². The smallest absolute Gasteiger partial charge is 0.254 e. The maximum absolute atomic E-state index is 13.7. The first-order valence-electron chi connectivity index (χ1n) is 19.9. The molecular weight excluding hydrogens is 703 g/mol. The second-order valence-corrected chi connectivity index (χ2v) is 15.9. The van der Waals surface area contributed by atoms with Crippen LogP contribution < -0.4 is 15.1 Å². The molecule has 0 spiro atoms. The van der Waals surface area contributed by atoms with Gasteiger partial charge in [-0.1, -0.05) is 35.5 Å². The zero-order valence-corrected chi connectivity index (χ0v) is 33.5. The Labute approximate surface area is 330 Å². The molecule has 1 aromatic heterocycles. The van der Waals surface area contributed by atoms with Gasteiger partial charge in [0.25, 0.3) is 5.91 Å². The molecule has 11 heteroatoms. The van der Waals surface area contributed by atoms with Gasteiger partial charge in [-0.25, -0.2) is 0 Å². The number of nitriles is 1.